The number of benzene rings is 3. The number of aromatic nitrogens is 1. The Kier molecular flexibility index (Phi) is 9.16. The molecule has 210 valence electrons. The lowest BCUT2D eigenvalue weighted by Crippen LogP contribution is -2.27. The van der Waals surface area contributed by atoms with Gasteiger partial charge in [-0.1, -0.05) is 29.8 Å². The molecule has 0 bridgehead atoms. The second-order valence-corrected chi connectivity index (χ2v) is 9.98. The third kappa shape index (κ3) is 6.83. The van der Waals surface area contributed by atoms with E-state index in [1.165, 1.54) is 26.0 Å². The van der Waals surface area contributed by atoms with E-state index in [1.807, 2.05) is 35.0 Å². The summed E-state index contributed by atoms with van der Waals surface area (Å²) in [6.45, 7) is 0.802. The molecule has 40 heavy (non-hydrogen) atoms. The van der Waals surface area contributed by atoms with Crippen LogP contribution in [0.1, 0.15) is 15.9 Å². The highest BCUT2D eigenvalue weighted by atomic mass is 35.5. The molecular formula is C28H25ClF3N3O4S. The number of nitrogens with zero attached hydrogens (tertiary/aromatic N) is 1. The highest BCUT2D eigenvalue weighted by molar-refractivity contribution is 8.00. The van der Waals surface area contributed by atoms with Crippen LogP contribution in [0.25, 0.3) is 10.9 Å². The minimum atomic E-state index is -4.55. The van der Waals surface area contributed by atoms with E-state index in [4.69, 9.17) is 21.1 Å². The average molecular weight is 592 g/mol. The van der Waals surface area contributed by atoms with Gasteiger partial charge in [-0.15, -0.1) is 11.8 Å². The van der Waals surface area contributed by atoms with Crippen LogP contribution in [0.15, 0.2) is 71.8 Å². The summed E-state index contributed by atoms with van der Waals surface area (Å²) in [6.07, 6.45) is -2.68. The summed E-state index contributed by atoms with van der Waals surface area (Å²) in [7, 11) is 3.01. The molecule has 2 N–H and O–H groups in total. The lowest BCUT2D eigenvalue weighted by atomic mass is 10.2. The maximum absolute atomic E-state index is 13.0. The van der Waals surface area contributed by atoms with Crippen molar-refractivity contribution in [3.63, 3.8) is 0 Å². The first-order chi connectivity index (χ1) is 19.1. The third-order valence-corrected chi connectivity index (χ3v) is 7.34. The largest absolute Gasteiger partial charge is 0.493 e. The Bertz CT molecular complexity index is 1540. The van der Waals surface area contributed by atoms with Crippen molar-refractivity contribution in [3.05, 3.63) is 83.0 Å². The van der Waals surface area contributed by atoms with E-state index in [0.29, 0.717) is 30.2 Å². The minimum absolute atomic E-state index is 0.0121. The number of alkyl halides is 3. The summed E-state index contributed by atoms with van der Waals surface area (Å²) < 4.78 is 51.5. The Balaban J connectivity index is 1.40. The van der Waals surface area contributed by atoms with Gasteiger partial charge in [0.05, 0.1) is 36.2 Å². The summed E-state index contributed by atoms with van der Waals surface area (Å²) >= 11 is 7.24. The van der Waals surface area contributed by atoms with Crippen LogP contribution < -0.4 is 20.1 Å². The predicted octanol–water partition coefficient (Wildman–Crippen LogP) is 6.49. The summed E-state index contributed by atoms with van der Waals surface area (Å²) in [4.78, 5) is 26.0. The summed E-state index contributed by atoms with van der Waals surface area (Å²) in [5, 5.41) is 6.27. The Hall–Kier alpha value is -3.83. The number of nitrogens with one attached hydrogen (secondary N) is 2. The number of thioether (sulfide) groups is 1. The number of carbonyl (C=O) groups is 2. The average Bonchev–Trinajstić information content (AvgIpc) is 3.29. The molecule has 0 unspecified atom stereocenters. The van der Waals surface area contributed by atoms with Crippen molar-refractivity contribution in [2.45, 2.75) is 17.6 Å². The zero-order chi connectivity index (χ0) is 28.9. The number of amides is 2. The number of anilines is 1. The van der Waals surface area contributed by atoms with Crippen LogP contribution in [0.4, 0.5) is 18.9 Å². The van der Waals surface area contributed by atoms with E-state index in [1.54, 1.807) is 18.2 Å². The molecule has 0 saturated heterocycles. The monoisotopic (exact) mass is 591 g/mol. The Morgan fingerprint density at radius 3 is 2.48 bits per heavy atom. The molecule has 7 nitrogen and oxygen atoms in total. The van der Waals surface area contributed by atoms with E-state index in [0.717, 1.165) is 34.0 Å². The van der Waals surface area contributed by atoms with Crippen molar-refractivity contribution in [1.29, 1.82) is 0 Å². The van der Waals surface area contributed by atoms with Crippen molar-refractivity contribution in [3.8, 4) is 11.5 Å². The lowest BCUT2D eigenvalue weighted by molar-refractivity contribution is -0.137. The van der Waals surface area contributed by atoms with E-state index in [2.05, 4.69) is 10.6 Å². The molecule has 3 aromatic carbocycles. The maximum atomic E-state index is 13.0. The minimum Gasteiger partial charge on any atom is -0.493 e. The van der Waals surface area contributed by atoms with Gasteiger partial charge in [0.2, 0.25) is 5.91 Å². The fraction of sp³-hybridized carbons (Fsp3) is 0.214. The van der Waals surface area contributed by atoms with Crippen LogP contribution >= 0.6 is 23.4 Å². The van der Waals surface area contributed by atoms with Crippen LogP contribution in [0.3, 0.4) is 0 Å². The fourth-order valence-corrected chi connectivity index (χ4v) is 5.06. The molecule has 0 atom stereocenters. The Morgan fingerprint density at radius 1 is 1.00 bits per heavy atom. The quantitative estimate of drug-likeness (QED) is 0.206. The number of methoxy groups -OCH3 is 2. The van der Waals surface area contributed by atoms with Gasteiger partial charge in [-0.3, -0.25) is 9.59 Å². The number of para-hydroxylation sites is 1. The molecule has 0 aliphatic carbocycles. The molecule has 0 aliphatic heterocycles. The lowest BCUT2D eigenvalue weighted by Gasteiger charge is -2.11. The highest BCUT2D eigenvalue weighted by Crippen LogP contribution is 2.34. The Labute approximate surface area is 237 Å². The molecule has 0 radical (unpaired) electrons. The van der Waals surface area contributed by atoms with Crippen molar-refractivity contribution < 1.29 is 32.2 Å². The van der Waals surface area contributed by atoms with Crippen LogP contribution in [-0.2, 0) is 17.5 Å². The van der Waals surface area contributed by atoms with Crippen LogP contribution in [0.2, 0.25) is 5.02 Å². The summed E-state index contributed by atoms with van der Waals surface area (Å²) in [6, 6.07) is 15.3. The number of rotatable bonds is 10. The van der Waals surface area contributed by atoms with Crippen LogP contribution in [0.5, 0.6) is 11.5 Å². The topological polar surface area (TPSA) is 81.6 Å². The molecule has 1 heterocycles. The predicted molar refractivity (Wildman–Crippen MR) is 150 cm³/mol. The van der Waals surface area contributed by atoms with Crippen molar-refractivity contribution in [2.75, 3.05) is 31.8 Å². The zero-order valence-electron chi connectivity index (χ0n) is 21.5. The first-order valence-electron chi connectivity index (χ1n) is 12.0. The number of halogens is 4. The van der Waals surface area contributed by atoms with Crippen LogP contribution in [-0.4, -0.2) is 42.9 Å². The molecular weight excluding hydrogens is 567 g/mol. The second-order valence-electron chi connectivity index (χ2n) is 8.56. The molecule has 0 saturated carbocycles. The summed E-state index contributed by atoms with van der Waals surface area (Å²) in [5.74, 6) is 0.167. The van der Waals surface area contributed by atoms with E-state index >= 15 is 0 Å². The molecule has 0 spiro atoms. The maximum Gasteiger partial charge on any atom is 0.416 e. The molecule has 4 aromatic rings. The number of hydrogen-bond acceptors (Lipinski definition) is 5. The first kappa shape index (κ1) is 29.2. The molecule has 12 heteroatoms. The Morgan fingerprint density at radius 2 is 1.75 bits per heavy atom. The van der Waals surface area contributed by atoms with E-state index < -0.39 is 17.6 Å². The molecule has 0 aliphatic rings. The number of carbonyl (C=O) groups excluding carboxylic acids is 2. The third-order valence-electron chi connectivity index (χ3n) is 5.96. The number of fused-ring (bicyclic) bond motifs is 1. The fourth-order valence-electron chi connectivity index (χ4n) is 4.01. The molecule has 1 aromatic heterocycles. The molecule has 4 rings (SSSR count). The van der Waals surface area contributed by atoms with Crippen molar-refractivity contribution in [2.24, 2.45) is 0 Å². The van der Waals surface area contributed by atoms with Crippen LogP contribution in [0, 0.1) is 0 Å². The second kappa shape index (κ2) is 12.6. The number of ether oxygens (including phenoxy) is 2. The van der Waals surface area contributed by atoms with Gasteiger partial charge < -0.3 is 24.7 Å². The van der Waals surface area contributed by atoms with Gasteiger partial charge in [0.15, 0.2) is 11.5 Å². The molecule has 2 amide bonds. The number of hydrogen-bond donors (Lipinski definition) is 2. The zero-order valence-corrected chi connectivity index (χ0v) is 23.0. The van der Waals surface area contributed by atoms with E-state index in [-0.39, 0.29) is 22.4 Å². The first-order valence-corrected chi connectivity index (χ1v) is 13.3. The van der Waals surface area contributed by atoms with E-state index in [9.17, 15) is 22.8 Å². The van der Waals surface area contributed by atoms with Gasteiger partial charge in [-0.2, -0.15) is 13.2 Å². The standard InChI is InChI=1S/C28H25ClF3N3O4S/c1-38-23-10-7-17(13-24(23)39-2)27(37)33-11-12-35-15-25(19-5-3-4-6-22(19)35)40-16-26(36)34-21-14-18(28(30,31)32)8-9-20(21)29/h3-10,13-15H,11-12,16H2,1-2H3,(H,33,37)(H,34,36). The SMILES string of the molecule is COc1ccc(C(=O)NCCn2cc(SCC(=O)Nc3cc(C(F)(F)F)ccc3Cl)c3ccccc32)cc1OC. The highest BCUT2D eigenvalue weighted by Gasteiger charge is 2.31. The van der Waals surface area contributed by atoms with Gasteiger partial charge in [-0.05, 0) is 42.5 Å². The van der Waals surface area contributed by atoms with Gasteiger partial charge >= 0.3 is 6.18 Å². The van der Waals surface area contributed by atoms with Gasteiger partial charge in [0, 0.05) is 40.6 Å². The summed E-state index contributed by atoms with van der Waals surface area (Å²) in [5.41, 5.74) is 0.334. The van der Waals surface area contributed by atoms with Gasteiger partial charge in [0.25, 0.3) is 5.91 Å². The normalized spacial score (nSPS) is 11.3. The van der Waals surface area contributed by atoms with Gasteiger partial charge in [0.1, 0.15) is 0 Å². The smallest absolute Gasteiger partial charge is 0.416 e. The van der Waals surface area contributed by atoms with Crippen molar-refractivity contribution in [1.82, 2.24) is 9.88 Å². The van der Waals surface area contributed by atoms with Gasteiger partial charge in [-0.25, -0.2) is 0 Å². The molecule has 0 fully saturated rings. The van der Waals surface area contributed by atoms with Crippen molar-refractivity contribution >= 4 is 51.8 Å².